The Labute approximate surface area is 151 Å². The van der Waals surface area contributed by atoms with Crippen LogP contribution in [0, 0.1) is 6.92 Å². The van der Waals surface area contributed by atoms with Crippen LogP contribution >= 0.6 is 0 Å². The van der Waals surface area contributed by atoms with Gasteiger partial charge in [-0.2, -0.15) is 0 Å². The minimum Gasteiger partial charge on any atom is -0.320 e. The van der Waals surface area contributed by atoms with Crippen molar-refractivity contribution >= 4 is 32.7 Å². The Morgan fingerprint density at radius 2 is 1.77 bits per heavy atom. The van der Waals surface area contributed by atoms with E-state index in [0.717, 1.165) is 9.87 Å². The lowest BCUT2D eigenvalue weighted by Crippen LogP contribution is -2.22. The number of aryl methyl sites for hydroxylation is 1. The van der Waals surface area contributed by atoms with E-state index in [9.17, 15) is 13.2 Å². The number of benzene rings is 2. The van der Waals surface area contributed by atoms with Crippen LogP contribution in [0.2, 0.25) is 0 Å². The van der Waals surface area contributed by atoms with Crippen LogP contribution in [-0.2, 0) is 10.0 Å². The molecule has 3 rings (SSSR count). The van der Waals surface area contributed by atoms with Crippen LogP contribution in [-0.4, -0.2) is 42.7 Å². The van der Waals surface area contributed by atoms with Gasteiger partial charge in [-0.05, 0) is 36.8 Å². The van der Waals surface area contributed by atoms with E-state index < -0.39 is 15.9 Å². The number of rotatable bonds is 4. The summed E-state index contributed by atoms with van der Waals surface area (Å²) in [6.45, 7) is 1.79. The molecule has 1 heterocycles. The Morgan fingerprint density at radius 3 is 2.46 bits per heavy atom. The minimum absolute atomic E-state index is 0.105. The molecule has 0 saturated heterocycles. The third-order valence-electron chi connectivity index (χ3n) is 3.92. The van der Waals surface area contributed by atoms with Gasteiger partial charge in [0.15, 0.2) is 0 Å². The maximum atomic E-state index is 12.5. The molecule has 0 radical (unpaired) electrons. The second-order valence-corrected chi connectivity index (χ2v) is 8.11. The third kappa shape index (κ3) is 3.42. The molecular weight excluding hydrogens is 352 g/mol. The summed E-state index contributed by atoms with van der Waals surface area (Å²) >= 11 is 0. The number of hydrogen-bond acceptors (Lipinski definition) is 5. The first-order chi connectivity index (χ1) is 12.3. The lowest BCUT2D eigenvalue weighted by molar-refractivity contribution is 0.102. The number of nitrogens with one attached hydrogen (secondary N) is 1. The topological polar surface area (TPSA) is 92.3 Å². The lowest BCUT2D eigenvalue weighted by Gasteiger charge is -2.14. The Bertz CT molecular complexity index is 1090. The average Bonchev–Trinajstić information content (AvgIpc) is 2.62. The van der Waals surface area contributed by atoms with Crippen LogP contribution in [0.5, 0.6) is 0 Å². The van der Waals surface area contributed by atoms with Crippen LogP contribution < -0.4 is 5.32 Å². The summed E-state index contributed by atoms with van der Waals surface area (Å²) in [7, 11) is -0.678. The highest BCUT2D eigenvalue weighted by molar-refractivity contribution is 7.89. The van der Waals surface area contributed by atoms with Crippen molar-refractivity contribution in [1.82, 2.24) is 14.3 Å². The minimum atomic E-state index is -3.59. The summed E-state index contributed by atoms with van der Waals surface area (Å²) in [5, 5.41) is 2.72. The van der Waals surface area contributed by atoms with Gasteiger partial charge in [0.25, 0.3) is 5.91 Å². The highest BCUT2D eigenvalue weighted by atomic mass is 32.2. The van der Waals surface area contributed by atoms with Crippen molar-refractivity contribution in [3.8, 4) is 0 Å². The van der Waals surface area contributed by atoms with Gasteiger partial charge in [0.05, 0.1) is 22.1 Å². The highest BCUT2D eigenvalue weighted by Crippen LogP contribution is 2.22. The molecule has 3 aromatic rings. The normalized spacial score (nSPS) is 11.7. The molecule has 0 saturated carbocycles. The van der Waals surface area contributed by atoms with Crippen molar-refractivity contribution in [2.75, 3.05) is 19.4 Å². The van der Waals surface area contributed by atoms with E-state index in [4.69, 9.17) is 0 Å². The van der Waals surface area contributed by atoms with Crippen molar-refractivity contribution in [3.05, 3.63) is 59.9 Å². The summed E-state index contributed by atoms with van der Waals surface area (Å²) in [6.07, 6.45) is 1.40. The Hall–Kier alpha value is -2.84. The number of carbonyl (C=O) groups is 1. The van der Waals surface area contributed by atoms with Gasteiger partial charge < -0.3 is 5.32 Å². The van der Waals surface area contributed by atoms with Crippen LogP contribution in [0.4, 0.5) is 5.69 Å². The van der Waals surface area contributed by atoms with E-state index in [1.807, 2.05) is 18.2 Å². The number of hydrogen-bond donors (Lipinski definition) is 1. The molecule has 8 heteroatoms. The summed E-state index contributed by atoms with van der Waals surface area (Å²) in [6, 6.07) is 11.8. The van der Waals surface area contributed by atoms with Gasteiger partial charge in [0.1, 0.15) is 5.69 Å². The van der Waals surface area contributed by atoms with Gasteiger partial charge >= 0.3 is 0 Å². The van der Waals surface area contributed by atoms with E-state index in [1.165, 1.54) is 32.4 Å². The fourth-order valence-corrected chi connectivity index (χ4v) is 3.29. The monoisotopic (exact) mass is 370 g/mol. The Morgan fingerprint density at radius 1 is 1.08 bits per heavy atom. The number of anilines is 1. The number of aromatic nitrogens is 2. The predicted octanol–water partition coefficient (Wildman–Crippen LogP) is 2.44. The van der Waals surface area contributed by atoms with Gasteiger partial charge in [0.2, 0.25) is 10.0 Å². The van der Waals surface area contributed by atoms with E-state index in [1.54, 1.807) is 19.1 Å². The molecular formula is C18H18N4O3S. The number of sulfonamides is 1. The summed E-state index contributed by atoms with van der Waals surface area (Å²) in [5.74, 6) is -0.453. The summed E-state index contributed by atoms with van der Waals surface area (Å²) < 4.78 is 25.7. The van der Waals surface area contributed by atoms with Crippen molar-refractivity contribution in [3.63, 3.8) is 0 Å². The predicted molar refractivity (Wildman–Crippen MR) is 99.5 cm³/mol. The van der Waals surface area contributed by atoms with Crippen LogP contribution in [0.15, 0.2) is 53.6 Å². The second kappa shape index (κ2) is 6.81. The molecule has 1 amide bonds. The standard InChI is InChI=1S/C18H18N4O3S/c1-12-8-9-13(26(24,25)22(2)3)10-16(12)21-18(23)17-11-19-14-6-4-5-7-15(14)20-17/h4-11H,1-3H3,(H,21,23). The fraction of sp³-hybridized carbons (Fsp3) is 0.167. The molecule has 134 valence electrons. The van der Waals surface area contributed by atoms with Crippen molar-refractivity contribution < 1.29 is 13.2 Å². The molecule has 0 unspecified atom stereocenters. The maximum Gasteiger partial charge on any atom is 0.275 e. The summed E-state index contributed by atoms with van der Waals surface area (Å²) in [4.78, 5) is 21.2. The van der Waals surface area contributed by atoms with Crippen molar-refractivity contribution in [1.29, 1.82) is 0 Å². The molecule has 0 aliphatic heterocycles. The zero-order valence-corrected chi connectivity index (χ0v) is 15.4. The molecule has 0 aliphatic rings. The van der Waals surface area contributed by atoms with E-state index in [-0.39, 0.29) is 10.6 Å². The molecule has 1 aromatic heterocycles. The molecule has 0 atom stereocenters. The third-order valence-corrected chi connectivity index (χ3v) is 5.73. The van der Waals surface area contributed by atoms with Crippen LogP contribution in [0.1, 0.15) is 16.1 Å². The smallest absolute Gasteiger partial charge is 0.275 e. The zero-order valence-electron chi connectivity index (χ0n) is 14.6. The summed E-state index contributed by atoms with van der Waals surface area (Å²) in [5.41, 5.74) is 2.61. The largest absolute Gasteiger partial charge is 0.320 e. The van der Waals surface area contributed by atoms with Gasteiger partial charge in [-0.3, -0.25) is 9.78 Å². The Balaban J connectivity index is 1.93. The SMILES string of the molecule is Cc1ccc(S(=O)(=O)N(C)C)cc1NC(=O)c1cnc2ccccc2n1. The quantitative estimate of drug-likeness (QED) is 0.761. The Kier molecular flexibility index (Phi) is 4.71. The first kappa shape index (κ1) is 18.0. The van der Waals surface area contributed by atoms with Crippen molar-refractivity contribution in [2.45, 2.75) is 11.8 Å². The number of para-hydroxylation sites is 2. The molecule has 0 fully saturated rings. The first-order valence-electron chi connectivity index (χ1n) is 7.85. The number of fused-ring (bicyclic) bond motifs is 1. The maximum absolute atomic E-state index is 12.5. The van der Waals surface area contributed by atoms with E-state index in [2.05, 4.69) is 15.3 Å². The highest BCUT2D eigenvalue weighted by Gasteiger charge is 2.19. The number of amides is 1. The molecule has 2 aromatic carbocycles. The number of nitrogens with zero attached hydrogens (tertiary/aromatic N) is 3. The number of carbonyl (C=O) groups excluding carboxylic acids is 1. The van der Waals surface area contributed by atoms with Gasteiger partial charge in [-0.15, -0.1) is 0 Å². The second-order valence-electron chi connectivity index (χ2n) is 5.96. The molecule has 0 aliphatic carbocycles. The molecule has 0 spiro atoms. The van der Waals surface area contributed by atoms with Crippen molar-refractivity contribution in [2.24, 2.45) is 0 Å². The average molecular weight is 370 g/mol. The van der Waals surface area contributed by atoms with E-state index in [0.29, 0.717) is 16.7 Å². The zero-order chi connectivity index (χ0) is 18.9. The van der Waals surface area contributed by atoms with Gasteiger partial charge in [-0.25, -0.2) is 17.7 Å². The molecule has 7 nitrogen and oxygen atoms in total. The first-order valence-corrected chi connectivity index (χ1v) is 9.29. The van der Waals surface area contributed by atoms with Gasteiger partial charge in [0, 0.05) is 19.8 Å². The molecule has 26 heavy (non-hydrogen) atoms. The fourth-order valence-electron chi connectivity index (χ4n) is 2.36. The van der Waals surface area contributed by atoms with Gasteiger partial charge in [-0.1, -0.05) is 18.2 Å². The van der Waals surface area contributed by atoms with Crippen LogP contribution in [0.25, 0.3) is 11.0 Å². The molecule has 1 N–H and O–H groups in total. The van der Waals surface area contributed by atoms with Crippen LogP contribution in [0.3, 0.4) is 0 Å². The van der Waals surface area contributed by atoms with E-state index >= 15 is 0 Å². The molecule has 0 bridgehead atoms. The lowest BCUT2D eigenvalue weighted by atomic mass is 10.2.